The van der Waals surface area contributed by atoms with Crippen LogP contribution >= 0.6 is 0 Å². The van der Waals surface area contributed by atoms with E-state index in [4.69, 9.17) is 5.11 Å². The van der Waals surface area contributed by atoms with Crippen LogP contribution in [-0.4, -0.2) is 23.4 Å². The fourth-order valence-electron chi connectivity index (χ4n) is 3.69. The van der Waals surface area contributed by atoms with Crippen molar-refractivity contribution in [3.8, 4) is 11.1 Å². The summed E-state index contributed by atoms with van der Waals surface area (Å²) in [7, 11) is 0. The SMILES string of the molecule is CCCCCC(=O)CNCc1cc(-c2ccccc2)c(C)c(C)c1CCC(=O)O. The van der Waals surface area contributed by atoms with Crippen molar-refractivity contribution >= 4 is 11.8 Å². The minimum Gasteiger partial charge on any atom is -0.481 e. The summed E-state index contributed by atoms with van der Waals surface area (Å²) in [4.78, 5) is 23.2. The second-order valence-electron chi connectivity index (χ2n) is 7.67. The smallest absolute Gasteiger partial charge is 0.303 e. The minimum atomic E-state index is -0.792. The number of Topliss-reactive ketones (excluding diaryl/α,β-unsaturated/α-hetero) is 1. The summed E-state index contributed by atoms with van der Waals surface area (Å²) >= 11 is 0. The Hall–Kier alpha value is -2.46. The molecule has 4 nitrogen and oxygen atoms in total. The highest BCUT2D eigenvalue weighted by Crippen LogP contribution is 2.31. The molecule has 29 heavy (non-hydrogen) atoms. The molecule has 0 saturated heterocycles. The van der Waals surface area contributed by atoms with E-state index in [-0.39, 0.29) is 12.2 Å². The van der Waals surface area contributed by atoms with Gasteiger partial charge in [-0.15, -0.1) is 0 Å². The van der Waals surface area contributed by atoms with Gasteiger partial charge in [0, 0.05) is 19.4 Å². The number of nitrogens with one attached hydrogen (secondary N) is 1. The van der Waals surface area contributed by atoms with E-state index < -0.39 is 5.97 Å². The van der Waals surface area contributed by atoms with Gasteiger partial charge in [0.2, 0.25) is 0 Å². The molecule has 2 rings (SSSR count). The predicted molar refractivity (Wildman–Crippen MR) is 118 cm³/mol. The molecule has 0 aromatic heterocycles. The number of carbonyl (C=O) groups excluding carboxylic acids is 1. The van der Waals surface area contributed by atoms with E-state index in [0.717, 1.165) is 47.1 Å². The van der Waals surface area contributed by atoms with Crippen LogP contribution in [0, 0.1) is 13.8 Å². The largest absolute Gasteiger partial charge is 0.481 e. The number of unbranched alkanes of at least 4 members (excludes halogenated alkanes) is 2. The van der Waals surface area contributed by atoms with E-state index in [0.29, 0.717) is 25.9 Å². The summed E-state index contributed by atoms with van der Waals surface area (Å²) < 4.78 is 0. The van der Waals surface area contributed by atoms with Crippen LogP contribution in [0.15, 0.2) is 36.4 Å². The number of hydrogen-bond donors (Lipinski definition) is 2. The zero-order chi connectivity index (χ0) is 21.2. The predicted octanol–water partition coefficient (Wildman–Crippen LogP) is 5.23. The molecule has 0 saturated carbocycles. The van der Waals surface area contributed by atoms with Gasteiger partial charge in [0.1, 0.15) is 5.78 Å². The molecule has 0 atom stereocenters. The molecule has 0 spiro atoms. The van der Waals surface area contributed by atoms with Crippen LogP contribution in [0.5, 0.6) is 0 Å². The third kappa shape index (κ3) is 6.82. The number of ketones is 1. The van der Waals surface area contributed by atoms with Crippen molar-refractivity contribution in [3.05, 3.63) is 58.7 Å². The van der Waals surface area contributed by atoms with Gasteiger partial charge < -0.3 is 10.4 Å². The number of carboxylic acid groups (broad SMARTS) is 1. The number of carboxylic acids is 1. The molecular weight excluding hydrogens is 362 g/mol. The summed E-state index contributed by atoms with van der Waals surface area (Å²) in [5.74, 6) is -0.558. The molecular formula is C25H33NO3. The number of rotatable bonds is 12. The summed E-state index contributed by atoms with van der Waals surface area (Å²) in [5.41, 5.74) is 6.78. The first-order valence-corrected chi connectivity index (χ1v) is 10.6. The van der Waals surface area contributed by atoms with Crippen LogP contribution in [0.4, 0.5) is 0 Å². The van der Waals surface area contributed by atoms with Gasteiger partial charge >= 0.3 is 5.97 Å². The Labute approximate surface area is 174 Å². The van der Waals surface area contributed by atoms with Crippen molar-refractivity contribution < 1.29 is 14.7 Å². The first-order valence-electron chi connectivity index (χ1n) is 10.6. The highest BCUT2D eigenvalue weighted by Gasteiger charge is 2.15. The lowest BCUT2D eigenvalue weighted by atomic mass is 9.88. The fourth-order valence-corrected chi connectivity index (χ4v) is 3.69. The van der Waals surface area contributed by atoms with Crippen molar-refractivity contribution in [1.29, 1.82) is 0 Å². The molecule has 0 unspecified atom stereocenters. The van der Waals surface area contributed by atoms with Crippen molar-refractivity contribution in [2.75, 3.05) is 6.54 Å². The molecule has 2 aromatic rings. The van der Waals surface area contributed by atoms with Gasteiger partial charge in [-0.25, -0.2) is 0 Å². The van der Waals surface area contributed by atoms with Crippen LogP contribution in [0.3, 0.4) is 0 Å². The molecule has 0 heterocycles. The third-order valence-electron chi connectivity index (χ3n) is 5.50. The zero-order valence-electron chi connectivity index (χ0n) is 17.9. The summed E-state index contributed by atoms with van der Waals surface area (Å²) in [5, 5.41) is 12.4. The van der Waals surface area contributed by atoms with Gasteiger partial charge in [-0.3, -0.25) is 9.59 Å². The Morgan fingerprint density at radius 2 is 1.72 bits per heavy atom. The second-order valence-corrected chi connectivity index (χ2v) is 7.67. The molecule has 0 amide bonds. The highest BCUT2D eigenvalue weighted by molar-refractivity contribution is 5.80. The monoisotopic (exact) mass is 395 g/mol. The van der Waals surface area contributed by atoms with Crippen molar-refractivity contribution in [2.24, 2.45) is 0 Å². The highest BCUT2D eigenvalue weighted by atomic mass is 16.4. The van der Waals surface area contributed by atoms with E-state index in [2.05, 4.69) is 44.3 Å². The summed E-state index contributed by atoms with van der Waals surface area (Å²) in [6.45, 7) is 7.21. The van der Waals surface area contributed by atoms with Crippen LogP contribution in [-0.2, 0) is 22.6 Å². The normalized spacial score (nSPS) is 10.9. The quantitative estimate of drug-likeness (QED) is 0.483. The molecule has 0 aliphatic heterocycles. The van der Waals surface area contributed by atoms with E-state index >= 15 is 0 Å². The van der Waals surface area contributed by atoms with E-state index in [1.807, 2.05) is 18.2 Å². The van der Waals surface area contributed by atoms with Gasteiger partial charge in [0.25, 0.3) is 0 Å². The average molecular weight is 396 g/mol. The van der Waals surface area contributed by atoms with Gasteiger partial charge in [-0.05, 0) is 66.1 Å². The van der Waals surface area contributed by atoms with Crippen LogP contribution in [0.1, 0.15) is 61.3 Å². The van der Waals surface area contributed by atoms with E-state index in [1.54, 1.807) is 0 Å². The van der Waals surface area contributed by atoms with Crippen molar-refractivity contribution in [1.82, 2.24) is 5.32 Å². The van der Waals surface area contributed by atoms with E-state index in [1.165, 1.54) is 5.56 Å². The van der Waals surface area contributed by atoms with Gasteiger partial charge in [0.15, 0.2) is 0 Å². The first-order chi connectivity index (χ1) is 13.9. The molecule has 0 radical (unpaired) electrons. The number of aliphatic carboxylic acids is 1. The lowest BCUT2D eigenvalue weighted by Gasteiger charge is -2.19. The Bertz CT molecular complexity index is 828. The molecule has 2 N–H and O–H groups in total. The maximum atomic E-state index is 12.1. The van der Waals surface area contributed by atoms with E-state index in [9.17, 15) is 9.59 Å². The lowest BCUT2D eigenvalue weighted by Crippen LogP contribution is -2.23. The topological polar surface area (TPSA) is 66.4 Å². The van der Waals surface area contributed by atoms with Gasteiger partial charge in [-0.1, -0.05) is 50.1 Å². The van der Waals surface area contributed by atoms with Gasteiger partial charge in [0.05, 0.1) is 6.54 Å². The minimum absolute atomic E-state index is 0.105. The fraction of sp³-hybridized carbons (Fsp3) is 0.440. The Morgan fingerprint density at radius 1 is 1.00 bits per heavy atom. The molecule has 2 aromatic carbocycles. The Kier molecular flexibility index (Phi) is 9.07. The maximum absolute atomic E-state index is 12.1. The molecule has 156 valence electrons. The van der Waals surface area contributed by atoms with Crippen molar-refractivity contribution in [3.63, 3.8) is 0 Å². The maximum Gasteiger partial charge on any atom is 0.303 e. The molecule has 0 bridgehead atoms. The number of carbonyl (C=O) groups is 2. The average Bonchev–Trinajstić information content (AvgIpc) is 2.70. The van der Waals surface area contributed by atoms with Crippen molar-refractivity contribution in [2.45, 2.75) is 65.8 Å². The second kappa shape index (κ2) is 11.5. The third-order valence-corrected chi connectivity index (χ3v) is 5.50. The van der Waals surface area contributed by atoms with Crippen LogP contribution < -0.4 is 5.32 Å². The lowest BCUT2D eigenvalue weighted by molar-refractivity contribution is -0.137. The summed E-state index contributed by atoms with van der Waals surface area (Å²) in [6, 6.07) is 12.4. The molecule has 0 aliphatic carbocycles. The van der Waals surface area contributed by atoms with Crippen LogP contribution in [0.25, 0.3) is 11.1 Å². The molecule has 0 aliphatic rings. The first kappa shape index (κ1) is 22.8. The number of benzene rings is 2. The standard InChI is InChI=1S/C25H33NO3/c1-4-5-7-12-22(27)17-26-16-21-15-24(20-10-8-6-9-11-20)19(3)18(2)23(21)13-14-25(28)29/h6,8-11,15,26H,4-5,7,12-14,16-17H2,1-3H3,(H,28,29). The van der Waals surface area contributed by atoms with Crippen LogP contribution in [0.2, 0.25) is 0 Å². The Morgan fingerprint density at radius 3 is 2.38 bits per heavy atom. The van der Waals surface area contributed by atoms with Gasteiger partial charge in [-0.2, -0.15) is 0 Å². The molecule has 0 fully saturated rings. The Balaban J connectivity index is 2.23. The number of hydrogen-bond acceptors (Lipinski definition) is 3. The molecule has 4 heteroatoms. The zero-order valence-corrected chi connectivity index (χ0v) is 17.9. The summed E-state index contributed by atoms with van der Waals surface area (Å²) in [6.07, 6.45) is 4.37.